The zero-order chi connectivity index (χ0) is 10.7. The molecule has 1 heterocycles. The minimum absolute atomic E-state index is 0.193. The van der Waals surface area contributed by atoms with Gasteiger partial charge in [-0.15, -0.1) is 0 Å². The van der Waals surface area contributed by atoms with Crippen LogP contribution in [0.3, 0.4) is 0 Å². The first-order valence-corrected chi connectivity index (χ1v) is 4.69. The van der Waals surface area contributed by atoms with Crippen LogP contribution in [-0.4, -0.2) is 43.0 Å². The maximum Gasteiger partial charge on any atom is 0.308 e. The van der Waals surface area contributed by atoms with Crippen LogP contribution in [0.5, 0.6) is 0 Å². The summed E-state index contributed by atoms with van der Waals surface area (Å²) >= 11 is 0. The Kier molecular flexibility index (Phi) is 3.83. The lowest BCUT2D eigenvalue weighted by atomic mass is 9.96. The molecular formula is C9H16FNO3. The number of ether oxygens (including phenoxy) is 1. The molecule has 0 aliphatic carbocycles. The van der Waals surface area contributed by atoms with E-state index in [0.717, 1.165) is 0 Å². The number of alkyl halides is 1. The Bertz CT molecular complexity index is 212. The lowest BCUT2D eigenvalue weighted by Crippen LogP contribution is -2.43. The molecule has 1 aliphatic rings. The highest BCUT2D eigenvalue weighted by molar-refractivity contribution is 5.70. The van der Waals surface area contributed by atoms with Crippen LogP contribution in [0.1, 0.15) is 13.3 Å². The van der Waals surface area contributed by atoms with E-state index in [1.54, 1.807) is 6.92 Å². The number of carboxylic acid groups (broad SMARTS) is 1. The van der Waals surface area contributed by atoms with Crippen molar-refractivity contribution in [3.8, 4) is 0 Å². The number of methoxy groups -OCH3 is 1. The van der Waals surface area contributed by atoms with Gasteiger partial charge in [0.25, 0.3) is 0 Å². The summed E-state index contributed by atoms with van der Waals surface area (Å²) in [5.41, 5.74) is 0. The zero-order valence-corrected chi connectivity index (χ0v) is 8.37. The molecule has 0 saturated carbocycles. The van der Waals surface area contributed by atoms with Gasteiger partial charge in [0.15, 0.2) is 0 Å². The molecule has 0 radical (unpaired) electrons. The number of hydrogen-bond donors (Lipinski definition) is 2. The van der Waals surface area contributed by atoms with Crippen molar-refractivity contribution < 1.29 is 19.0 Å². The Balaban J connectivity index is 2.57. The van der Waals surface area contributed by atoms with Gasteiger partial charge in [0.1, 0.15) is 6.17 Å². The van der Waals surface area contributed by atoms with Gasteiger partial charge in [-0.25, -0.2) is 4.39 Å². The van der Waals surface area contributed by atoms with E-state index in [4.69, 9.17) is 9.84 Å². The molecule has 0 aromatic heterocycles. The van der Waals surface area contributed by atoms with Gasteiger partial charge in [-0.1, -0.05) is 0 Å². The largest absolute Gasteiger partial charge is 0.481 e. The summed E-state index contributed by atoms with van der Waals surface area (Å²) in [6.07, 6.45) is -1.03. The molecule has 82 valence electrons. The molecule has 1 aliphatic heterocycles. The molecule has 4 nitrogen and oxygen atoms in total. The molecule has 4 atom stereocenters. The van der Waals surface area contributed by atoms with Crippen molar-refractivity contribution in [3.05, 3.63) is 0 Å². The first-order chi connectivity index (χ1) is 6.56. The molecule has 0 aromatic rings. The van der Waals surface area contributed by atoms with Crippen LogP contribution in [0, 0.1) is 5.92 Å². The number of rotatable bonds is 4. The monoisotopic (exact) mass is 205 g/mol. The standard InChI is InChI=1S/C9H16FNO3/c1-5(9(12)13)8(14-2)7-3-6(10)4-11-7/h5-8,11H,3-4H2,1-2H3,(H,12,13)/t5-,6+,7+,8-/m1/s1. The Morgan fingerprint density at radius 3 is 2.71 bits per heavy atom. The Labute approximate surface area is 82.4 Å². The van der Waals surface area contributed by atoms with E-state index in [9.17, 15) is 9.18 Å². The van der Waals surface area contributed by atoms with Crippen LogP contribution >= 0.6 is 0 Å². The van der Waals surface area contributed by atoms with Crippen LogP contribution < -0.4 is 5.32 Å². The van der Waals surface area contributed by atoms with Crippen molar-refractivity contribution in [1.29, 1.82) is 0 Å². The summed E-state index contributed by atoms with van der Waals surface area (Å²) in [7, 11) is 1.46. The topological polar surface area (TPSA) is 58.6 Å². The van der Waals surface area contributed by atoms with E-state index in [1.165, 1.54) is 7.11 Å². The summed E-state index contributed by atoms with van der Waals surface area (Å²) in [5.74, 6) is -1.54. The molecule has 1 rings (SSSR count). The molecule has 14 heavy (non-hydrogen) atoms. The number of carboxylic acids is 1. The van der Waals surface area contributed by atoms with Gasteiger partial charge in [-0.3, -0.25) is 4.79 Å². The Morgan fingerprint density at radius 1 is 1.71 bits per heavy atom. The minimum atomic E-state index is -0.916. The van der Waals surface area contributed by atoms with Crippen LogP contribution in [0.4, 0.5) is 4.39 Å². The van der Waals surface area contributed by atoms with E-state index >= 15 is 0 Å². The van der Waals surface area contributed by atoms with E-state index in [2.05, 4.69) is 5.32 Å². The van der Waals surface area contributed by atoms with Gasteiger partial charge >= 0.3 is 5.97 Å². The molecule has 2 N–H and O–H groups in total. The molecule has 0 bridgehead atoms. The van der Waals surface area contributed by atoms with Crippen LogP contribution in [0.15, 0.2) is 0 Å². The van der Waals surface area contributed by atoms with Crippen molar-refractivity contribution in [1.82, 2.24) is 5.32 Å². The van der Waals surface area contributed by atoms with Crippen molar-refractivity contribution in [2.75, 3.05) is 13.7 Å². The Morgan fingerprint density at radius 2 is 2.36 bits per heavy atom. The number of carbonyl (C=O) groups is 1. The highest BCUT2D eigenvalue weighted by atomic mass is 19.1. The second-order valence-corrected chi connectivity index (χ2v) is 3.67. The minimum Gasteiger partial charge on any atom is -0.481 e. The first-order valence-electron chi connectivity index (χ1n) is 4.69. The highest BCUT2D eigenvalue weighted by Gasteiger charge is 2.36. The lowest BCUT2D eigenvalue weighted by Gasteiger charge is -2.25. The van der Waals surface area contributed by atoms with Crippen LogP contribution in [0.2, 0.25) is 0 Å². The third-order valence-corrected chi connectivity index (χ3v) is 2.66. The van der Waals surface area contributed by atoms with Gasteiger partial charge in [0, 0.05) is 19.7 Å². The van der Waals surface area contributed by atoms with Crippen molar-refractivity contribution >= 4 is 5.97 Å². The van der Waals surface area contributed by atoms with Gasteiger partial charge in [0.2, 0.25) is 0 Å². The second kappa shape index (κ2) is 4.70. The number of halogens is 1. The van der Waals surface area contributed by atoms with E-state index in [0.29, 0.717) is 6.42 Å². The molecule has 0 unspecified atom stereocenters. The Hall–Kier alpha value is -0.680. The molecular weight excluding hydrogens is 189 g/mol. The van der Waals surface area contributed by atoms with Gasteiger partial charge < -0.3 is 15.2 Å². The molecule has 1 fully saturated rings. The van der Waals surface area contributed by atoms with Crippen LogP contribution in [-0.2, 0) is 9.53 Å². The fourth-order valence-electron chi connectivity index (χ4n) is 1.83. The molecule has 0 amide bonds. The maximum atomic E-state index is 12.9. The normalized spacial score (nSPS) is 31.4. The third kappa shape index (κ3) is 2.42. The number of hydrogen-bond acceptors (Lipinski definition) is 3. The number of aliphatic carboxylic acids is 1. The highest BCUT2D eigenvalue weighted by Crippen LogP contribution is 2.20. The van der Waals surface area contributed by atoms with E-state index in [1.807, 2.05) is 0 Å². The lowest BCUT2D eigenvalue weighted by molar-refractivity contribution is -0.146. The average molecular weight is 205 g/mol. The summed E-state index contributed by atoms with van der Waals surface area (Å²) in [6.45, 7) is 1.86. The first kappa shape index (κ1) is 11.4. The fourth-order valence-corrected chi connectivity index (χ4v) is 1.83. The predicted molar refractivity (Wildman–Crippen MR) is 48.9 cm³/mol. The van der Waals surface area contributed by atoms with Gasteiger partial charge in [-0.2, -0.15) is 0 Å². The number of nitrogens with one attached hydrogen (secondary N) is 1. The molecule has 5 heteroatoms. The average Bonchev–Trinajstić information content (AvgIpc) is 2.53. The van der Waals surface area contributed by atoms with Crippen LogP contribution in [0.25, 0.3) is 0 Å². The molecule has 1 saturated heterocycles. The summed E-state index contributed by atoms with van der Waals surface area (Å²) in [6, 6.07) is -0.193. The van der Waals surface area contributed by atoms with Crippen molar-refractivity contribution in [2.45, 2.75) is 31.7 Å². The quantitative estimate of drug-likeness (QED) is 0.698. The SMILES string of the molecule is CO[C@@H]([C@@H]1C[C@H](F)CN1)[C@@H](C)C(=O)O. The summed E-state index contributed by atoms with van der Waals surface area (Å²) < 4.78 is 18.0. The van der Waals surface area contributed by atoms with Crippen molar-refractivity contribution in [2.24, 2.45) is 5.92 Å². The van der Waals surface area contributed by atoms with Gasteiger partial charge in [0.05, 0.1) is 12.0 Å². The smallest absolute Gasteiger partial charge is 0.308 e. The maximum absolute atomic E-state index is 12.9. The zero-order valence-electron chi connectivity index (χ0n) is 8.37. The second-order valence-electron chi connectivity index (χ2n) is 3.67. The van der Waals surface area contributed by atoms with Gasteiger partial charge in [-0.05, 0) is 13.3 Å². The van der Waals surface area contributed by atoms with E-state index in [-0.39, 0.29) is 12.6 Å². The van der Waals surface area contributed by atoms with Crippen molar-refractivity contribution in [3.63, 3.8) is 0 Å². The third-order valence-electron chi connectivity index (χ3n) is 2.66. The summed E-state index contributed by atoms with van der Waals surface area (Å²) in [4.78, 5) is 10.7. The van der Waals surface area contributed by atoms with E-state index < -0.39 is 24.2 Å². The summed E-state index contributed by atoms with van der Waals surface area (Å²) in [5, 5.41) is 11.7. The fraction of sp³-hybridized carbons (Fsp3) is 0.889. The predicted octanol–water partition coefficient (Wildman–Crippen LogP) is 0.422. The molecule has 0 spiro atoms. The molecule has 0 aromatic carbocycles.